The van der Waals surface area contributed by atoms with Crippen LogP contribution in [0.25, 0.3) is 22.8 Å². The number of halogens is 1. The van der Waals surface area contributed by atoms with Crippen molar-refractivity contribution >= 4 is 17.6 Å². The molecule has 0 saturated carbocycles. The van der Waals surface area contributed by atoms with Crippen LogP contribution in [0.5, 0.6) is 0 Å². The molecule has 0 aliphatic rings. The summed E-state index contributed by atoms with van der Waals surface area (Å²) in [5.74, 6) is 0.160. The summed E-state index contributed by atoms with van der Waals surface area (Å²) in [7, 11) is 1.38. The number of hydrogen-bond donors (Lipinski definition) is 1. The molecule has 4 aromatic rings. The predicted octanol–water partition coefficient (Wildman–Crippen LogP) is 6.09. The highest BCUT2D eigenvalue weighted by atomic mass is 19.1. The molecule has 3 aromatic carbocycles. The summed E-state index contributed by atoms with van der Waals surface area (Å²) in [5, 5.41) is 0. The Balaban J connectivity index is 1.81. The number of nitrogens with zero attached hydrogens (tertiary/aromatic N) is 1. The summed E-state index contributed by atoms with van der Waals surface area (Å²) in [5.41, 5.74) is 5.99. The van der Waals surface area contributed by atoms with Gasteiger partial charge >= 0.3 is 5.97 Å². The number of benzene rings is 3. The first-order valence-corrected chi connectivity index (χ1v) is 10.3. The molecule has 0 aliphatic heterocycles. The van der Waals surface area contributed by atoms with Crippen molar-refractivity contribution in [2.75, 3.05) is 7.11 Å². The minimum absolute atomic E-state index is 0.282. The molecule has 4 nitrogen and oxygen atoms in total. The highest BCUT2D eigenvalue weighted by Gasteiger charge is 2.14. The summed E-state index contributed by atoms with van der Waals surface area (Å²) >= 11 is 0. The van der Waals surface area contributed by atoms with Gasteiger partial charge in [-0.2, -0.15) is 0 Å². The molecule has 0 saturated heterocycles. The molecule has 0 aliphatic carbocycles. The summed E-state index contributed by atoms with van der Waals surface area (Å²) in [6.45, 7) is 1.95. The second-order valence-electron chi connectivity index (χ2n) is 7.53. The first kappa shape index (κ1) is 21.2. The van der Waals surface area contributed by atoms with Crippen molar-refractivity contribution in [2.45, 2.75) is 13.3 Å². The monoisotopic (exact) mass is 426 g/mol. The summed E-state index contributed by atoms with van der Waals surface area (Å²) in [6, 6.07) is 21.8. The number of aromatic nitrogens is 2. The van der Waals surface area contributed by atoms with Gasteiger partial charge in [0.25, 0.3) is 0 Å². The minimum atomic E-state index is -0.385. The maximum Gasteiger partial charge on any atom is 0.338 e. The van der Waals surface area contributed by atoms with Gasteiger partial charge in [-0.3, -0.25) is 0 Å². The third kappa shape index (κ3) is 4.83. The number of nitrogens with one attached hydrogen (secondary N) is 1. The van der Waals surface area contributed by atoms with Crippen LogP contribution in [0.2, 0.25) is 0 Å². The Bertz CT molecular complexity index is 1260. The maximum atomic E-state index is 13.5. The Kier molecular flexibility index (Phi) is 6.26. The van der Waals surface area contributed by atoms with Crippen molar-refractivity contribution in [3.8, 4) is 11.1 Å². The van der Waals surface area contributed by atoms with Crippen LogP contribution >= 0.6 is 0 Å². The Labute approximate surface area is 186 Å². The fourth-order valence-corrected chi connectivity index (χ4v) is 3.63. The summed E-state index contributed by atoms with van der Waals surface area (Å²) < 4.78 is 18.5. The number of carbonyl (C=O) groups excluding carboxylic acids is 1. The number of imidazole rings is 1. The van der Waals surface area contributed by atoms with Gasteiger partial charge in [0.1, 0.15) is 11.6 Å². The average Bonchev–Trinajstić information content (AvgIpc) is 3.23. The van der Waals surface area contributed by atoms with Gasteiger partial charge in [-0.05, 0) is 59.0 Å². The van der Waals surface area contributed by atoms with Crippen LogP contribution in [-0.2, 0) is 11.2 Å². The van der Waals surface area contributed by atoms with Crippen LogP contribution in [0.1, 0.15) is 33.0 Å². The number of methoxy groups -OCH3 is 1. The highest BCUT2D eigenvalue weighted by molar-refractivity contribution is 5.98. The van der Waals surface area contributed by atoms with Gasteiger partial charge in [0.05, 0.1) is 12.7 Å². The van der Waals surface area contributed by atoms with Gasteiger partial charge in [0.2, 0.25) is 0 Å². The number of H-pyrrole nitrogens is 1. The van der Waals surface area contributed by atoms with E-state index in [1.165, 1.54) is 19.2 Å². The van der Waals surface area contributed by atoms with Crippen LogP contribution in [0.4, 0.5) is 4.39 Å². The first-order chi connectivity index (χ1) is 15.5. The van der Waals surface area contributed by atoms with Gasteiger partial charge in [-0.1, -0.05) is 54.6 Å². The van der Waals surface area contributed by atoms with E-state index in [1.807, 2.05) is 55.5 Å². The Hall–Kier alpha value is -3.99. The quantitative estimate of drug-likeness (QED) is 0.300. The second-order valence-corrected chi connectivity index (χ2v) is 7.53. The smallest absolute Gasteiger partial charge is 0.338 e. The Morgan fingerprint density at radius 3 is 2.47 bits per heavy atom. The number of ether oxygens (including phenoxy) is 1. The maximum absolute atomic E-state index is 13.5. The molecule has 0 fully saturated rings. The molecular formula is C27H23FN2O2. The van der Waals surface area contributed by atoms with Crippen molar-refractivity contribution in [3.63, 3.8) is 0 Å². The van der Waals surface area contributed by atoms with Crippen LogP contribution in [-0.4, -0.2) is 23.0 Å². The molecule has 5 heteroatoms. The molecule has 1 aromatic heterocycles. The molecule has 32 heavy (non-hydrogen) atoms. The average molecular weight is 426 g/mol. The zero-order valence-corrected chi connectivity index (χ0v) is 17.9. The third-order valence-corrected chi connectivity index (χ3v) is 5.20. The van der Waals surface area contributed by atoms with Crippen molar-refractivity contribution in [2.24, 2.45) is 0 Å². The van der Waals surface area contributed by atoms with Crippen LogP contribution in [0.15, 0.2) is 79.0 Å². The first-order valence-electron chi connectivity index (χ1n) is 10.3. The molecule has 1 N–H and O–H groups in total. The van der Waals surface area contributed by atoms with Gasteiger partial charge in [-0.15, -0.1) is 0 Å². The van der Waals surface area contributed by atoms with Crippen LogP contribution in [0, 0.1) is 12.7 Å². The zero-order valence-electron chi connectivity index (χ0n) is 17.9. The zero-order chi connectivity index (χ0) is 22.5. The van der Waals surface area contributed by atoms with Gasteiger partial charge in [0.15, 0.2) is 0 Å². The Morgan fingerprint density at radius 2 is 1.81 bits per heavy atom. The van der Waals surface area contributed by atoms with E-state index >= 15 is 0 Å². The predicted molar refractivity (Wildman–Crippen MR) is 125 cm³/mol. The number of esters is 1. The van der Waals surface area contributed by atoms with E-state index in [0.717, 1.165) is 39.3 Å². The summed E-state index contributed by atoms with van der Waals surface area (Å²) in [6.07, 6.45) is 4.38. The van der Waals surface area contributed by atoms with Crippen LogP contribution < -0.4 is 0 Å². The van der Waals surface area contributed by atoms with E-state index in [2.05, 4.69) is 9.97 Å². The largest absolute Gasteiger partial charge is 0.465 e. The number of hydrogen-bond acceptors (Lipinski definition) is 3. The van der Waals surface area contributed by atoms with E-state index in [0.29, 0.717) is 12.0 Å². The van der Waals surface area contributed by atoms with Crippen molar-refractivity contribution in [1.82, 2.24) is 9.97 Å². The number of aryl methyl sites for hydroxylation is 1. The molecule has 0 radical (unpaired) electrons. The molecule has 4 rings (SSSR count). The van der Waals surface area contributed by atoms with E-state index in [9.17, 15) is 9.18 Å². The molecule has 1 heterocycles. The molecule has 0 bridgehead atoms. The van der Waals surface area contributed by atoms with Crippen LogP contribution in [0.3, 0.4) is 0 Å². The molecular weight excluding hydrogens is 403 g/mol. The minimum Gasteiger partial charge on any atom is -0.465 e. The van der Waals surface area contributed by atoms with Crippen molar-refractivity contribution in [3.05, 3.63) is 113 Å². The molecule has 0 spiro atoms. The van der Waals surface area contributed by atoms with E-state index in [4.69, 9.17) is 4.74 Å². The van der Waals surface area contributed by atoms with Gasteiger partial charge in [-0.25, -0.2) is 14.2 Å². The summed E-state index contributed by atoms with van der Waals surface area (Å²) in [4.78, 5) is 20.0. The fraction of sp³-hybridized carbons (Fsp3) is 0.111. The lowest BCUT2D eigenvalue weighted by Crippen LogP contribution is -2.04. The molecule has 0 amide bonds. The topological polar surface area (TPSA) is 55.0 Å². The lowest BCUT2D eigenvalue weighted by molar-refractivity contribution is 0.0601. The van der Waals surface area contributed by atoms with Crippen molar-refractivity contribution in [1.29, 1.82) is 0 Å². The highest BCUT2D eigenvalue weighted by Crippen LogP contribution is 2.29. The third-order valence-electron chi connectivity index (χ3n) is 5.20. The lowest BCUT2D eigenvalue weighted by atomic mass is 9.94. The van der Waals surface area contributed by atoms with E-state index in [1.54, 1.807) is 24.4 Å². The number of carbonyl (C=O) groups is 1. The Morgan fingerprint density at radius 1 is 1.06 bits per heavy atom. The fourth-order valence-electron chi connectivity index (χ4n) is 3.63. The van der Waals surface area contributed by atoms with Gasteiger partial charge < -0.3 is 9.72 Å². The number of allylic oxidation sites excluding steroid dienone is 1. The van der Waals surface area contributed by atoms with Gasteiger partial charge in [0, 0.05) is 18.3 Å². The van der Waals surface area contributed by atoms with E-state index in [-0.39, 0.29) is 11.8 Å². The molecule has 160 valence electrons. The molecule has 0 unspecified atom stereocenters. The SMILES string of the molecule is COC(=O)c1ccc(C=C(Cc2ncc(C)[nH]2)c2ccc(F)cc2)cc1-c1ccccc1. The number of aromatic amines is 1. The van der Waals surface area contributed by atoms with Crippen molar-refractivity contribution < 1.29 is 13.9 Å². The second kappa shape index (κ2) is 9.43. The lowest BCUT2D eigenvalue weighted by Gasteiger charge is -2.11. The number of rotatable bonds is 6. The standard InChI is InChI=1S/C27H23FN2O2/c1-18-17-29-26(30-18)16-22(20-9-11-23(28)12-10-20)14-19-8-13-24(27(31)32-2)25(15-19)21-6-4-3-5-7-21/h3-15,17H,16H2,1-2H3,(H,29,30). The molecule has 0 atom stereocenters. The normalized spacial score (nSPS) is 11.4. The van der Waals surface area contributed by atoms with E-state index < -0.39 is 0 Å².